The van der Waals surface area contributed by atoms with Gasteiger partial charge < -0.3 is 20.9 Å². The molecule has 2 rings (SSSR count). The van der Waals surface area contributed by atoms with Crippen molar-refractivity contribution in [3.05, 3.63) is 47.2 Å². The van der Waals surface area contributed by atoms with E-state index in [-0.39, 0.29) is 30.9 Å². The highest BCUT2D eigenvalue weighted by atomic mass is 19.2. The molecule has 6 nitrogen and oxygen atoms in total. The van der Waals surface area contributed by atoms with Crippen LogP contribution >= 0.6 is 0 Å². The fraction of sp³-hybridized carbons (Fsp3) is 0.615. The summed E-state index contributed by atoms with van der Waals surface area (Å²) in [5, 5.41) is 9.08. The van der Waals surface area contributed by atoms with Crippen molar-refractivity contribution in [1.29, 1.82) is 0 Å². The van der Waals surface area contributed by atoms with Crippen LogP contribution in [0.3, 0.4) is 0 Å². The van der Waals surface area contributed by atoms with E-state index < -0.39 is 11.6 Å². The normalized spacial score (nSPS) is 14.6. The lowest BCUT2D eigenvalue weighted by Gasteiger charge is -2.30. The Morgan fingerprint density at radius 2 is 1.85 bits per heavy atom. The fourth-order valence-electron chi connectivity index (χ4n) is 3.87. The van der Waals surface area contributed by atoms with E-state index in [2.05, 4.69) is 35.9 Å². The Bertz CT molecular complexity index is 827. The minimum Gasteiger partial charge on any atom is -0.368 e. The first-order valence-electron chi connectivity index (χ1n) is 12.5. The molecule has 1 aromatic carbocycles. The van der Waals surface area contributed by atoms with Crippen LogP contribution in [0.4, 0.5) is 8.78 Å². The number of benzene rings is 1. The molecule has 1 unspecified atom stereocenters. The van der Waals surface area contributed by atoms with Crippen LogP contribution in [-0.4, -0.2) is 56.0 Å². The molecule has 0 saturated heterocycles. The van der Waals surface area contributed by atoms with Gasteiger partial charge in [-0.2, -0.15) is 0 Å². The number of amides is 2. The van der Waals surface area contributed by atoms with Gasteiger partial charge in [-0.05, 0) is 68.7 Å². The second-order valence-electron chi connectivity index (χ2n) is 9.02. The molecule has 1 atom stereocenters. The molecule has 0 aliphatic heterocycles. The first kappa shape index (κ1) is 27.8. The van der Waals surface area contributed by atoms with E-state index in [4.69, 9.17) is 0 Å². The van der Waals surface area contributed by atoms with Gasteiger partial charge in [-0.1, -0.05) is 32.4 Å². The summed E-state index contributed by atoms with van der Waals surface area (Å²) in [6, 6.07) is 4.07. The quantitative estimate of drug-likeness (QED) is 0.318. The zero-order chi connectivity index (χ0) is 24.9. The Morgan fingerprint density at radius 1 is 1.09 bits per heavy atom. The number of nitrogens with zero attached hydrogens (tertiary/aromatic N) is 1. The standard InChI is InChI=1S/C26H40F2N4O2/c1-4-6-9-23(26(20-11-12-20)30-14-5-2)32(3)18-25(34)31-17-24(33)29-15-7-8-19-10-13-21(27)22(28)16-19/h9-10,13,16,20,26,30H,4-8,11-12,14-15,17-18H2,1-3H3,(H,29,33)(H,31,34)/b23-9+. The lowest BCUT2D eigenvalue weighted by atomic mass is 10.1. The number of hydrogen-bond acceptors (Lipinski definition) is 4. The van der Waals surface area contributed by atoms with Crippen LogP contribution < -0.4 is 16.0 Å². The van der Waals surface area contributed by atoms with Crippen LogP contribution in [0.1, 0.15) is 57.9 Å². The minimum atomic E-state index is -0.869. The first-order valence-corrected chi connectivity index (χ1v) is 12.5. The third-order valence-electron chi connectivity index (χ3n) is 5.88. The molecule has 0 spiro atoms. The molecule has 0 bridgehead atoms. The SMILES string of the molecule is CCC/C=C(\C(NCCC)C1CC1)N(C)CC(=O)NCC(=O)NCCCc1ccc(F)c(F)c1. The zero-order valence-corrected chi connectivity index (χ0v) is 20.8. The highest BCUT2D eigenvalue weighted by molar-refractivity contribution is 5.85. The van der Waals surface area contributed by atoms with Crippen molar-refractivity contribution in [2.75, 3.05) is 33.2 Å². The number of rotatable bonds is 16. The van der Waals surface area contributed by atoms with Gasteiger partial charge in [0.15, 0.2) is 11.6 Å². The second-order valence-corrected chi connectivity index (χ2v) is 9.02. The summed E-state index contributed by atoms with van der Waals surface area (Å²) in [7, 11) is 1.93. The van der Waals surface area contributed by atoms with Gasteiger partial charge in [0.25, 0.3) is 0 Å². The fourth-order valence-corrected chi connectivity index (χ4v) is 3.87. The zero-order valence-electron chi connectivity index (χ0n) is 20.8. The van der Waals surface area contributed by atoms with Gasteiger partial charge in [0, 0.05) is 25.3 Å². The molecule has 34 heavy (non-hydrogen) atoms. The maximum absolute atomic E-state index is 13.2. The minimum absolute atomic E-state index is 0.0913. The highest BCUT2D eigenvalue weighted by Crippen LogP contribution is 2.36. The summed E-state index contributed by atoms with van der Waals surface area (Å²) < 4.78 is 26.2. The van der Waals surface area contributed by atoms with Crippen molar-refractivity contribution >= 4 is 11.8 Å². The van der Waals surface area contributed by atoms with Gasteiger partial charge in [-0.15, -0.1) is 0 Å². The number of carbonyl (C=O) groups is 2. The Labute approximate surface area is 202 Å². The van der Waals surface area contributed by atoms with Crippen molar-refractivity contribution in [2.45, 2.75) is 64.8 Å². The van der Waals surface area contributed by atoms with Crippen LogP contribution in [0.15, 0.2) is 30.0 Å². The number of allylic oxidation sites excluding steroid dienone is 1. The van der Waals surface area contributed by atoms with E-state index in [0.29, 0.717) is 30.9 Å². The molecule has 8 heteroatoms. The van der Waals surface area contributed by atoms with Gasteiger partial charge in [0.2, 0.25) is 11.8 Å². The van der Waals surface area contributed by atoms with E-state index in [1.165, 1.54) is 25.0 Å². The predicted molar refractivity (Wildman–Crippen MR) is 131 cm³/mol. The summed E-state index contributed by atoms with van der Waals surface area (Å²) in [5.41, 5.74) is 1.84. The van der Waals surface area contributed by atoms with Crippen molar-refractivity contribution in [1.82, 2.24) is 20.9 Å². The first-order chi connectivity index (χ1) is 16.3. The van der Waals surface area contributed by atoms with Crippen LogP contribution in [-0.2, 0) is 16.0 Å². The smallest absolute Gasteiger partial charge is 0.239 e. The third-order valence-corrected chi connectivity index (χ3v) is 5.88. The summed E-state index contributed by atoms with van der Waals surface area (Å²) in [6.45, 7) is 5.73. The van der Waals surface area contributed by atoms with Gasteiger partial charge in [0.1, 0.15) is 0 Å². The Hall–Kier alpha value is -2.48. The summed E-state index contributed by atoms with van der Waals surface area (Å²) in [5.74, 6) is -1.59. The van der Waals surface area contributed by atoms with Gasteiger partial charge >= 0.3 is 0 Å². The summed E-state index contributed by atoms with van der Waals surface area (Å²) in [4.78, 5) is 26.6. The van der Waals surface area contributed by atoms with E-state index in [9.17, 15) is 18.4 Å². The Balaban J connectivity index is 1.73. The molecule has 1 aliphatic rings. The number of unbranched alkanes of at least 4 members (excludes halogenated alkanes) is 1. The molecule has 1 fully saturated rings. The average Bonchev–Trinajstić information content (AvgIpc) is 3.65. The second kappa shape index (κ2) is 14.7. The van der Waals surface area contributed by atoms with Crippen molar-refractivity contribution < 1.29 is 18.4 Å². The molecule has 0 radical (unpaired) electrons. The molecule has 190 valence electrons. The molecule has 1 saturated carbocycles. The molecular formula is C26H40F2N4O2. The van der Waals surface area contributed by atoms with Crippen molar-refractivity contribution in [2.24, 2.45) is 5.92 Å². The number of likely N-dealkylation sites (N-methyl/N-ethyl adjacent to an activating group) is 1. The topological polar surface area (TPSA) is 73.5 Å². The number of carbonyl (C=O) groups excluding carboxylic acids is 2. The van der Waals surface area contributed by atoms with Gasteiger partial charge in [-0.3, -0.25) is 9.59 Å². The maximum atomic E-state index is 13.2. The van der Waals surface area contributed by atoms with E-state index >= 15 is 0 Å². The van der Waals surface area contributed by atoms with Crippen molar-refractivity contribution in [3.63, 3.8) is 0 Å². The van der Waals surface area contributed by atoms with Gasteiger partial charge in [0.05, 0.1) is 13.1 Å². The monoisotopic (exact) mass is 478 g/mol. The number of halogens is 2. The lowest BCUT2D eigenvalue weighted by molar-refractivity contribution is -0.126. The molecule has 1 aliphatic carbocycles. The van der Waals surface area contributed by atoms with Crippen LogP contribution in [0.5, 0.6) is 0 Å². The summed E-state index contributed by atoms with van der Waals surface area (Å²) >= 11 is 0. The molecule has 0 heterocycles. The van der Waals surface area contributed by atoms with Crippen LogP contribution in [0, 0.1) is 17.6 Å². The third kappa shape index (κ3) is 9.79. The molecule has 1 aromatic rings. The predicted octanol–water partition coefficient (Wildman–Crippen LogP) is 3.52. The number of aryl methyl sites for hydroxylation is 1. The molecule has 0 aromatic heterocycles. The van der Waals surface area contributed by atoms with E-state index in [1.54, 1.807) is 0 Å². The Kier molecular flexibility index (Phi) is 12.0. The van der Waals surface area contributed by atoms with Crippen LogP contribution in [0.25, 0.3) is 0 Å². The maximum Gasteiger partial charge on any atom is 0.239 e. The molecule has 2 amide bonds. The molecule has 3 N–H and O–H groups in total. The Morgan fingerprint density at radius 3 is 2.50 bits per heavy atom. The van der Waals surface area contributed by atoms with E-state index in [0.717, 1.165) is 37.6 Å². The van der Waals surface area contributed by atoms with Crippen molar-refractivity contribution in [3.8, 4) is 0 Å². The van der Waals surface area contributed by atoms with Gasteiger partial charge in [-0.25, -0.2) is 8.78 Å². The number of hydrogen-bond donors (Lipinski definition) is 3. The molecular weight excluding hydrogens is 438 g/mol. The highest BCUT2D eigenvalue weighted by Gasteiger charge is 2.34. The lowest BCUT2D eigenvalue weighted by Crippen LogP contribution is -2.45. The number of nitrogens with one attached hydrogen (secondary N) is 3. The summed E-state index contributed by atoms with van der Waals surface area (Å²) in [6.07, 6.45) is 8.84. The largest absolute Gasteiger partial charge is 0.368 e. The van der Waals surface area contributed by atoms with Crippen LogP contribution in [0.2, 0.25) is 0 Å². The average molecular weight is 479 g/mol. The van der Waals surface area contributed by atoms with E-state index in [1.807, 2.05) is 11.9 Å².